The molecule has 0 aromatic heterocycles. The maximum Gasteiger partial charge on any atom is 0.0201 e. The van der Waals surface area contributed by atoms with E-state index in [4.69, 9.17) is 0 Å². The van der Waals surface area contributed by atoms with Crippen LogP contribution in [0.4, 0.5) is 0 Å². The lowest BCUT2D eigenvalue weighted by atomic mass is 10.0. The second-order valence-corrected chi connectivity index (χ2v) is 6.74. The molecule has 13 heavy (non-hydrogen) atoms. The van der Waals surface area contributed by atoms with E-state index >= 15 is 0 Å². The minimum atomic E-state index is 0.358. The van der Waals surface area contributed by atoms with Gasteiger partial charge < -0.3 is 0 Å². The van der Waals surface area contributed by atoms with Crippen molar-refractivity contribution in [3.63, 3.8) is 0 Å². The summed E-state index contributed by atoms with van der Waals surface area (Å²) < 4.78 is 0.358. The largest absolute Gasteiger partial charge is 0.0859 e. The molecule has 0 saturated heterocycles. The van der Waals surface area contributed by atoms with E-state index in [0.717, 1.165) is 0 Å². The molecule has 80 valence electrons. The molecule has 0 aliphatic heterocycles. The lowest BCUT2D eigenvalue weighted by Crippen LogP contribution is -2.07. The van der Waals surface area contributed by atoms with Crippen molar-refractivity contribution in [2.45, 2.75) is 76.5 Å². The van der Waals surface area contributed by atoms with Gasteiger partial charge in [-0.3, -0.25) is 0 Å². The Hall–Kier alpha value is 0.480. The predicted octanol–water partition coefficient (Wildman–Crippen LogP) is 5.30. The van der Waals surface area contributed by atoms with Crippen LogP contribution in [0.15, 0.2) is 0 Å². The summed E-state index contributed by atoms with van der Waals surface area (Å²) in [5, 5.41) is 0. The standard InChI is InChI=1S/C12H25Br/c1-4-5-6-7-8-9-10-11-12(2,3)13/h4-11H2,1-3H3. The van der Waals surface area contributed by atoms with Crippen LogP contribution < -0.4 is 0 Å². The number of hydrogen-bond acceptors (Lipinski definition) is 0. The third-order valence-electron chi connectivity index (χ3n) is 2.37. The summed E-state index contributed by atoms with van der Waals surface area (Å²) in [7, 11) is 0. The van der Waals surface area contributed by atoms with Crippen molar-refractivity contribution < 1.29 is 0 Å². The van der Waals surface area contributed by atoms with Crippen LogP contribution in [-0.2, 0) is 0 Å². The molecule has 0 unspecified atom stereocenters. The molecule has 0 aromatic rings. The van der Waals surface area contributed by atoms with Crippen molar-refractivity contribution in [2.75, 3.05) is 0 Å². The molecule has 0 saturated carbocycles. The van der Waals surface area contributed by atoms with E-state index in [2.05, 4.69) is 36.7 Å². The number of hydrogen-bond donors (Lipinski definition) is 0. The zero-order valence-corrected chi connectivity index (χ0v) is 11.1. The molecule has 0 N–H and O–H groups in total. The van der Waals surface area contributed by atoms with Crippen LogP contribution in [0.3, 0.4) is 0 Å². The van der Waals surface area contributed by atoms with E-state index in [1.807, 2.05) is 0 Å². The summed E-state index contributed by atoms with van der Waals surface area (Å²) in [6.07, 6.45) is 11.2. The summed E-state index contributed by atoms with van der Waals surface area (Å²) >= 11 is 3.67. The molecule has 1 heteroatoms. The van der Waals surface area contributed by atoms with E-state index in [0.29, 0.717) is 4.32 Å². The fraction of sp³-hybridized carbons (Fsp3) is 1.00. The molecular formula is C12H25Br. The van der Waals surface area contributed by atoms with Gasteiger partial charge in [0.05, 0.1) is 0 Å². The van der Waals surface area contributed by atoms with Crippen molar-refractivity contribution >= 4 is 15.9 Å². The van der Waals surface area contributed by atoms with Gasteiger partial charge in [0.1, 0.15) is 0 Å². The molecular weight excluding hydrogens is 224 g/mol. The van der Waals surface area contributed by atoms with Gasteiger partial charge >= 0.3 is 0 Å². The molecule has 0 amide bonds. The average molecular weight is 249 g/mol. The average Bonchev–Trinajstić information content (AvgIpc) is 2.01. The first kappa shape index (κ1) is 13.5. The molecule has 0 aliphatic carbocycles. The summed E-state index contributed by atoms with van der Waals surface area (Å²) in [6.45, 7) is 6.78. The SMILES string of the molecule is CCCCCCCCCC(C)(C)Br. The Kier molecular flexibility index (Phi) is 8.13. The number of halogens is 1. The zero-order valence-electron chi connectivity index (χ0n) is 9.53. The van der Waals surface area contributed by atoms with Crippen molar-refractivity contribution in [3.05, 3.63) is 0 Å². The van der Waals surface area contributed by atoms with Gasteiger partial charge in [0.15, 0.2) is 0 Å². The van der Waals surface area contributed by atoms with E-state index < -0.39 is 0 Å². The van der Waals surface area contributed by atoms with Crippen molar-refractivity contribution in [3.8, 4) is 0 Å². The Morgan fingerprint density at radius 3 is 1.77 bits per heavy atom. The fourth-order valence-electron chi connectivity index (χ4n) is 1.50. The Labute approximate surface area is 92.6 Å². The smallest absolute Gasteiger partial charge is 0.0201 e. The Morgan fingerprint density at radius 1 is 0.846 bits per heavy atom. The van der Waals surface area contributed by atoms with Crippen LogP contribution in [0.25, 0.3) is 0 Å². The van der Waals surface area contributed by atoms with E-state index in [9.17, 15) is 0 Å². The minimum absolute atomic E-state index is 0.358. The summed E-state index contributed by atoms with van der Waals surface area (Å²) in [5.74, 6) is 0. The maximum absolute atomic E-state index is 3.67. The van der Waals surface area contributed by atoms with E-state index in [1.165, 1.54) is 51.4 Å². The second kappa shape index (κ2) is 7.84. The Balaban J connectivity index is 3.00. The summed E-state index contributed by atoms with van der Waals surface area (Å²) in [6, 6.07) is 0. The zero-order chi connectivity index (χ0) is 10.2. The molecule has 0 nitrogen and oxygen atoms in total. The van der Waals surface area contributed by atoms with Crippen LogP contribution in [0, 0.1) is 0 Å². The Morgan fingerprint density at radius 2 is 1.31 bits per heavy atom. The van der Waals surface area contributed by atoms with Crippen molar-refractivity contribution in [1.82, 2.24) is 0 Å². The molecule has 0 heterocycles. The van der Waals surface area contributed by atoms with Crippen LogP contribution >= 0.6 is 15.9 Å². The van der Waals surface area contributed by atoms with Gasteiger partial charge in [0.2, 0.25) is 0 Å². The Bertz CT molecular complexity index is 102. The van der Waals surface area contributed by atoms with Gasteiger partial charge in [-0.25, -0.2) is 0 Å². The van der Waals surface area contributed by atoms with Crippen molar-refractivity contribution in [2.24, 2.45) is 0 Å². The highest BCUT2D eigenvalue weighted by atomic mass is 79.9. The van der Waals surface area contributed by atoms with Gasteiger partial charge in [-0.1, -0.05) is 81.6 Å². The van der Waals surface area contributed by atoms with Crippen molar-refractivity contribution in [1.29, 1.82) is 0 Å². The lowest BCUT2D eigenvalue weighted by Gasteiger charge is -2.15. The fourth-order valence-corrected chi connectivity index (χ4v) is 1.78. The second-order valence-electron chi connectivity index (χ2n) is 4.59. The quantitative estimate of drug-likeness (QED) is 0.404. The predicted molar refractivity (Wildman–Crippen MR) is 65.6 cm³/mol. The minimum Gasteiger partial charge on any atom is -0.0859 e. The molecule has 0 spiro atoms. The molecule has 0 aliphatic rings. The van der Waals surface area contributed by atoms with Crippen LogP contribution in [0.2, 0.25) is 0 Å². The summed E-state index contributed by atoms with van der Waals surface area (Å²) in [5.41, 5.74) is 0. The van der Waals surface area contributed by atoms with Gasteiger partial charge in [-0.15, -0.1) is 0 Å². The van der Waals surface area contributed by atoms with Gasteiger partial charge in [-0.05, 0) is 6.42 Å². The third-order valence-corrected chi connectivity index (χ3v) is 2.77. The highest BCUT2D eigenvalue weighted by molar-refractivity contribution is 9.10. The monoisotopic (exact) mass is 248 g/mol. The van der Waals surface area contributed by atoms with Crippen LogP contribution in [0.5, 0.6) is 0 Å². The normalized spacial score (nSPS) is 12.0. The summed E-state index contributed by atoms with van der Waals surface area (Å²) in [4.78, 5) is 0. The van der Waals surface area contributed by atoms with Gasteiger partial charge in [0, 0.05) is 4.32 Å². The molecule has 0 aromatic carbocycles. The van der Waals surface area contributed by atoms with Gasteiger partial charge in [0.25, 0.3) is 0 Å². The van der Waals surface area contributed by atoms with Crippen LogP contribution in [-0.4, -0.2) is 4.32 Å². The topological polar surface area (TPSA) is 0 Å². The van der Waals surface area contributed by atoms with E-state index in [-0.39, 0.29) is 0 Å². The lowest BCUT2D eigenvalue weighted by molar-refractivity contribution is 0.541. The molecule has 0 fully saturated rings. The first-order valence-corrected chi connectivity index (χ1v) is 6.54. The van der Waals surface area contributed by atoms with Gasteiger partial charge in [-0.2, -0.15) is 0 Å². The molecule has 0 bridgehead atoms. The highest BCUT2D eigenvalue weighted by Gasteiger charge is 2.10. The third kappa shape index (κ3) is 12.5. The highest BCUT2D eigenvalue weighted by Crippen LogP contribution is 2.23. The number of unbranched alkanes of at least 4 members (excludes halogenated alkanes) is 6. The molecule has 0 atom stereocenters. The first-order valence-electron chi connectivity index (χ1n) is 5.75. The van der Waals surface area contributed by atoms with E-state index in [1.54, 1.807) is 0 Å². The van der Waals surface area contributed by atoms with Crippen LogP contribution in [0.1, 0.15) is 72.1 Å². The number of rotatable bonds is 8. The molecule has 0 radical (unpaired) electrons. The first-order chi connectivity index (χ1) is 6.06. The maximum atomic E-state index is 3.67. The number of alkyl halides is 1. The molecule has 0 rings (SSSR count).